The van der Waals surface area contributed by atoms with E-state index in [-0.39, 0.29) is 11.6 Å². The third-order valence-corrected chi connectivity index (χ3v) is 2.99. The number of unbranched alkanes of at least 4 members (excludes halogenated alkanes) is 1. The maximum atomic E-state index is 11.7. The van der Waals surface area contributed by atoms with E-state index in [2.05, 4.69) is 11.9 Å². The van der Waals surface area contributed by atoms with Crippen LogP contribution in [-0.4, -0.2) is 14.7 Å². The largest absolute Gasteiger partial charge is 0.493 e. The Labute approximate surface area is 106 Å². The van der Waals surface area contributed by atoms with Crippen molar-refractivity contribution in [2.75, 3.05) is 0 Å². The van der Waals surface area contributed by atoms with Gasteiger partial charge in [-0.05, 0) is 12.0 Å². The molecule has 18 heavy (non-hydrogen) atoms. The average Bonchev–Trinajstić information content (AvgIpc) is 2.64. The molecule has 2 N–H and O–H groups in total. The molecule has 0 aliphatic heterocycles. The standard InChI is InChI=1S/C14H18N2O2/c1-2-3-9-16-13(17)12(15-14(16)18)10-11-7-5-4-6-8-11/h4-8,17H,2-3,9-10H2,1H3,(H,15,18). The van der Waals surface area contributed by atoms with Crippen molar-refractivity contribution in [3.63, 3.8) is 0 Å². The lowest BCUT2D eigenvalue weighted by Crippen LogP contribution is -2.16. The molecule has 1 aromatic heterocycles. The minimum atomic E-state index is -0.230. The van der Waals surface area contributed by atoms with Crippen LogP contribution in [0, 0.1) is 0 Å². The van der Waals surface area contributed by atoms with E-state index in [4.69, 9.17) is 0 Å². The van der Waals surface area contributed by atoms with Crippen LogP contribution >= 0.6 is 0 Å². The maximum absolute atomic E-state index is 11.7. The van der Waals surface area contributed by atoms with E-state index in [0.29, 0.717) is 18.7 Å². The van der Waals surface area contributed by atoms with Crippen LogP contribution < -0.4 is 5.69 Å². The minimum Gasteiger partial charge on any atom is -0.493 e. The van der Waals surface area contributed by atoms with Crippen LogP contribution in [0.15, 0.2) is 35.1 Å². The third-order valence-electron chi connectivity index (χ3n) is 2.99. The average molecular weight is 246 g/mol. The van der Waals surface area contributed by atoms with Crippen molar-refractivity contribution in [1.82, 2.24) is 9.55 Å². The highest BCUT2D eigenvalue weighted by Crippen LogP contribution is 2.17. The fourth-order valence-corrected chi connectivity index (χ4v) is 1.96. The predicted octanol–water partition coefficient (Wildman–Crippen LogP) is 2.27. The minimum absolute atomic E-state index is 0.0669. The quantitative estimate of drug-likeness (QED) is 0.850. The van der Waals surface area contributed by atoms with Gasteiger partial charge in [0.1, 0.15) is 0 Å². The van der Waals surface area contributed by atoms with Crippen LogP contribution in [0.25, 0.3) is 0 Å². The monoisotopic (exact) mass is 246 g/mol. The van der Waals surface area contributed by atoms with Gasteiger partial charge in [0.25, 0.3) is 0 Å². The first-order chi connectivity index (χ1) is 8.72. The Morgan fingerprint density at radius 1 is 1.28 bits per heavy atom. The Hall–Kier alpha value is -1.97. The smallest absolute Gasteiger partial charge is 0.328 e. The highest BCUT2D eigenvalue weighted by molar-refractivity contribution is 5.27. The van der Waals surface area contributed by atoms with E-state index in [0.717, 1.165) is 18.4 Å². The van der Waals surface area contributed by atoms with Crippen molar-refractivity contribution in [2.24, 2.45) is 0 Å². The molecule has 0 unspecified atom stereocenters. The van der Waals surface area contributed by atoms with Crippen molar-refractivity contribution < 1.29 is 5.11 Å². The molecular weight excluding hydrogens is 228 g/mol. The summed E-state index contributed by atoms with van der Waals surface area (Å²) in [6.45, 7) is 2.62. The Morgan fingerprint density at radius 3 is 2.67 bits per heavy atom. The van der Waals surface area contributed by atoms with E-state index in [1.54, 1.807) is 0 Å². The SMILES string of the molecule is CCCCn1c(O)c(Cc2ccccc2)[nH]c1=O. The van der Waals surface area contributed by atoms with Gasteiger partial charge in [-0.25, -0.2) is 4.79 Å². The van der Waals surface area contributed by atoms with E-state index >= 15 is 0 Å². The summed E-state index contributed by atoms with van der Waals surface area (Å²) in [6, 6.07) is 9.78. The summed E-state index contributed by atoms with van der Waals surface area (Å²) in [4.78, 5) is 14.4. The van der Waals surface area contributed by atoms with Gasteiger partial charge in [-0.1, -0.05) is 43.7 Å². The number of nitrogens with one attached hydrogen (secondary N) is 1. The highest BCUT2D eigenvalue weighted by Gasteiger charge is 2.12. The summed E-state index contributed by atoms with van der Waals surface area (Å²) >= 11 is 0. The highest BCUT2D eigenvalue weighted by atomic mass is 16.3. The van der Waals surface area contributed by atoms with Crippen LogP contribution in [0.4, 0.5) is 0 Å². The maximum Gasteiger partial charge on any atom is 0.328 e. The molecule has 0 atom stereocenters. The molecule has 4 heteroatoms. The van der Waals surface area contributed by atoms with Gasteiger partial charge < -0.3 is 10.1 Å². The number of hydrogen-bond donors (Lipinski definition) is 2. The molecule has 0 saturated carbocycles. The fraction of sp³-hybridized carbons (Fsp3) is 0.357. The molecule has 0 aliphatic rings. The summed E-state index contributed by atoms with van der Waals surface area (Å²) in [5.74, 6) is 0.0669. The van der Waals surface area contributed by atoms with Crippen LogP contribution in [-0.2, 0) is 13.0 Å². The Kier molecular flexibility index (Phi) is 3.87. The first-order valence-corrected chi connectivity index (χ1v) is 6.27. The zero-order valence-electron chi connectivity index (χ0n) is 10.5. The molecule has 0 saturated heterocycles. The summed E-state index contributed by atoms with van der Waals surface area (Å²) in [7, 11) is 0. The number of benzene rings is 1. The first kappa shape index (κ1) is 12.5. The van der Waals surface area contributed by atoms with Gasteiger partial charge >= 0.3 is 5.69 Å². The molecule has 0 bridgehead atoms. The first-order valence-electron chi connectivity index (χ1n) is 6.27. The van der Waals surface area contributed by atoms with Crippen LogP contribution in [0.1, 0.15) is 31.0 Å². The van der Waals surface area contributed by atoms with Crippen molar-refractivity contribution in [3.8, 4) is 5.88 Å². The second-order valence-corrected chi connectivity index (χ2v) is 4.40. The molecule has 0 spiro atoms. The van der Waals surface area contributed by atoms with Gasteiger partial charge in [0, 0.05) is 13.0 Å². The second kappa shape index (κ2) is 5.58. The third kappa shape index (κ3) is 2.64. The lowest BCUT2D eigenvalue weighted by Gasteiger charge is -2.03. The Morgan fingerprint density at radius 2 is 2.00 bits per heavy atom. The fourth-order valence-electron chi connectivity index (χ4n) is 1.96. The number of H-pyrrole nitrogens is 1. The molecule has 96 valence electrons. The molecule has 0 fully saturated rings. The van der Waals surface area contributed by atoms with E-state index in [1.165, 1.54) is 4.57 Å². The Balaban J connectivity index is 2.22. The molecular formula is C14H18N2O2. The number of hydrogen-bond acceptors (Lipinski definition) is 2. The lowest BCUT2D eigenvalue weighted by atomic mass is 10.1. The molecule has 4 nitrogen and oxygen atoms in total. The normalized spacial score (nSPS) is 10.7. The van der Waals surface area contributed by atoms with E-state index < -0.39 is 0 Å². The molecule has 1 heterocycles. The zero-order chi connectivity index (χ0) is 13.0. The van der Waals surface area contributed by atoms with Gasteiger partial charge in [0.2, 0.25) is 5.88 Å². The summed E-state index contributed by atoms with van der Waals surface area (Å²) < 4.78 is 1.40. The number of nitrogens with zero attached hydrogens (tertiary/aromatic N) is 1. The molecule has 2 aromatic rings. The van der Waals surface area contributed by atoms with Crippen molar-refractivity contribution in [3.05, 3.63) is 52.1 Å². The topological polar surface area (TPSA) is 58.0 Å². The Bertz CT molecular complexity index is 555. The molecule has 2 rings (SSSR count). The summed E-state index contributed by atoms with van der Waals surface area (Å²) in [5.41, 5.74) is 1.42. The van der Waals surface area contributed by atoms with Crippen molar-refractivity contribution >= 4 is 0 Å². The number of rotatable bonds is 5. The van der Waals surface area contributed by atoms with Gasteiger partial charge in [-0.3, -0.25) is 4.57 Å². The number of aromatic hydroxyl groups is 1. The molecule has 0 amide bonds. The van der Waals surface area contributed by atoms with Crippen LogP contribution in [0.2, 0.25) is 0 Å². The molecule has 0 aliphatic carbocycles. The lowest BCUT2D eigenvalue weighted by molar-refractivity contribution is 0.404. The zero-order valence-corrected chi connectivity index (χ0v) is 10.5. The van der Waals surface area contributed by atoms with E-state index in [9.17, 15) is 9.90 Å². The van der Waals surface area contributed by atoms with Crippen molar-refractivity contribution in [1.29, 1.82) is 0 Å². The predicted molar refractivity (Wildman–Crippen MR) is 70.9 cm³/mol. The van der Waals surface area contributed by atoms with Crippen LogP contribution in [0.5, 0.6) is 5.88 Å². The molecule has 1 aromatic carbocycles. The molecule has 0 radical (unpaired) electrons. The number of aromatic amines is 1. The van der Waals surface area contributed by atoms with Gasteiger partial charge in [0.15, 0.2) is 0 Å². The van der Waals surface area contributed by atoms with Crippen molar-refractivity contribution in [2.45, 2.75) is 32.7 Å². The van der Waals surface area contributed by atoms with Gasteiger partial charge in [0.05, 0.1) is 5.69 Å². The van der Waals surface area contributed by atoms with E-state index in [1.807, 2.05) is 30.3 Å². The number of aromatic nitrogens is 2. The second-order valence-electron chi connectivity index (χ2n) is 4.40. The number of imidazole rings is 1. The van der Waals surface area contributed by atoms with Gasteiger partial charge in [-0.15, -0.1) is 0 Å². The summed E-state index contributed by atoms with van der Waals surface area (Å²) in [5, 5.41) is 10.0. The van der Waals surface area contributed by atoms with Crippen LogP contribution in [0.3, 0.4) is 0 Å². The van der Waals surface area contributed by atoms with Gasteiger partial charge in [-0.2, -0.15) is 0 Å². The summed E-state index contributed by atoms with van der Waals surface area (Å²) in [6.07, 6.45) is 2.42.